The van der Waals surface area contributed by atoms with E-state index in [1.807, 2.05) is 6.08 Å². The molecule has 0 saturated heterocycles. The van der Waals surface area contributed by atoms with Crippen LogP contribution in [-0.2, 0) is 9.53 Å². The Bertz CT molecular complexity index is 369. The van der Waals surface area contributed by atoms with E-state index in [1.165, 1.54) is 11.1 Å². The van der Waals surface area contributed by atoms with Crippen molar-refractivity contribution in [1.29, 1.82) is 0 Å². The molecule has 0 unspecified atom stereocenters. The summed E-state index contributed by atoms with van der Waals surface area (Å²) in [7, 11) is 4.16. The lowest BCUT2D eigenvalue weighted by atomic mass is 10.1. The number of unbranched alkanes of at least 4 members (excludes halogenated alkanes) is 1. The maximum atomic E-state index is 11.8. The van der Waals surface area contributed by atoms with Crippen molar-refractivity contribution in [3.05, 3.63) is 23.3 Å². The Labute approximate surface area is 147 Å². The summed E-state index contributed by atoms with van der Waals surface area (Å²) in [5, 5.41) is 0. The van der Waals surface area contributed by atoms with Crippen LogP contribution in [0, 0.1) is 0 Å². The standard InChI is InChI=1S/C18H34NO2.BrH/c1-7-8-13-19(5,6)15-18(20)21-14-12-17(4)11-9-10-16(2)3;/h10,12H,7-9,11,13-15H2,1-6H3;1H/q+1;/p-1. The van der Waals surface area contributed by atoms with Crippen molar-refractivity contribution in [2.24, 2.45) is 0 Å². The number of likely N-dealkylation sites (N-methyl/N-ethyl adjacent to an activating group) is 1. The van der Waals surface area contributed by atoms with Gasteiger partial charge in [0.05, 0.1) is 20.6 Å². The molecule has 0 rings (SSSR count). The van der Waals surface area contributed by atoms with Crippen LogP contribution in [0.15, 0.2) is 23.3 Å². The summed E-state index contributed by atoms with van der Waals surface area (Å²) in [6, 6.07) is 0. The third kappa shape index (κ3) is 14.3. The number of carbonyl (C=O) groups is 1. The van der Waals surface area contributed by atoms with Crippen LogP contribution < -0.4 is 17.0 Å². The first-order valence-corrected chi connectivity index (χ1v) is 8.03. The second-order valence-corrected chi connectivity index (χ2v) is 6.72. The molecule has 0 aliphatic rings. The molecule has 0 aliphatic carbocycles. The molecular formula is C18H34BrNO2. The minimum absolute atomic E-state index is 0. The largest absolute Gasteiger partial charge is 1.00 e. The molecular weight excluding hydrogens is 342 g/mol. The van der Waals surface area contributed by atoms with Gasteiger partial charge in [0.25, 0.3) is 0 Å². The number of allylic oxidation sites excluding steroid dienone is 3. The molecule has 0 atom stereocenters. The third-order valence-corrected chi connectivity index (χ3v) is 3.44. The number of rotatable bonds is 10. The van der Waals surface area contributed by atoms with Gasteiger partial charge in [-0.15, -0.1) is 0 Å². The molecule has 0 fully saturated rings. The smallest absolute Gasteiger partial charge is 0.362 e. The predicted octanol–water partition coefficient (Wildman–Crippen LogP) is 1.10. The van der Waals surface area contributed by atoms with E-state index in [9.17, 15) is 4.79 Å². The van der Waals surface area contributed by atoms with Crippen LogP contribution in [0.2, 0.25) is 0 Å². The van der Waals surface area contributed by atoms with Crippen molar-refractivity contribution < 1.29 is 31.0 Å². The zero-order valence-corrected chi connectivity index (χ0v) is 16.8. The van der Waals surface area contributed by atoms with Gasteiger partial charge in [0.1, 0.15) is 6.61 Å². The molecule has 4 heteroatoms. The number of esters is 1. The van der Waals surface area contributed by atoms with E-state index in [0.29, 0.717) is 17.6 Å². The lowest BCUT2D eigenvalue weighted by Crippen LogP contribution is -3.00. The second-order valence-electron chi connectivity index (χ2n) is 6.72. The molecule has 0 N–H and O–H groups in total. The van der Waals surface area contributed by atoms with Gasteiger partial charge < -0.3 is 26.2 Å². The number of quaternary nitrogens is 1. The highest BCUT2D eigenvalue weighted by Crippen LogP contribution is 2.07. The zero-order chi connectivity index (χ0) is 16.3. The van der Waals surface area contributed by atoms with E-state index in [0.717, 1.165) is 32.2 Å². The molecule has 0 aliphatic heterocycles. The number of carbonyl (C=O) groups excluding carboxylic acids is 1. The van der Waals surface area contributed by atoms with Gasteiger partial charge in [0, 0.05) is 0 Å². The quantitative estimate of drug-likeness (QED) is 0.324. The van der Waals surface area contributed by atoms with Gasteiger partial charge in [-0.2, -0.15) is 0 Å². The first-order chi connectivity index (χ1) is 9.76. The normalized spacial score (nSPS) is 11.6. The summed E-state index contributed by atoms with van der Waals surface area (Å²) in [6.07, 6.45) is 8.63. The second kappa shape index (κ2) is 12.9. The fourth-order valence-electron chi connectivity index (χ4n) is 2.03. The fourth-order valence-corrected chi connectivity index (χ4v) is 2.03. The van der Waals surface area contributed by atoms with Gasteiger partial charge in [0.15, 0.2) is 6.54 Å². The van der Waals surface area contributed by atoms with Crippen molar-refractivity contribution in [2.75, 3.05) is 33.8 Å². The lowest BCUT2D eigenvalue weighted by molar-refractivity contribution is -0.883. The van der Waals surface area contributed by atoms with E-state index < -0.39 is 0 Å². The molecule has 0 aromatic rings. The van der Waals surface area contributed by atoms with E-state index in [2.05, 4.69) is 47.9 Å². The van der Waals surface area contributed by atoms with Crippen LogP contribution in [0.1, 0.15) is 53.4 Å². The maximum absolute atomic E-state index is 11.8. The van der Waals surface area contributed by atoms with Crippen LogP contribution in [0.4, 0.5) is 0 Å². The number of nitrogens with zero attached hydrogens (tertiary/aromatic N) is 1. The van der Waals surface area contributed by atoms with E-state index in [1.54, 1.807) is 0 Å². The highest BCUT2D eigenvalue weighted by Gasteiger charge is 2.20. The van der Waals surface area contributed by atoms with Crippen molar-refractivity contribution in [2.45, 2.75) is 53.4 Å². The number of hydrogen-bond donors (Lipinski definition) is 0. The van der Waals surface area contributed by atoms with E-state index >= 15 is 0 Å². The summed E-state index contributed by atoms with van der Waals surface area (Å²) >= 11 is 0. The summed E-state index contributed by atoms with van der Waals surface area (Å²) in [5.74, 6) is -0.107. The van der Waals surface area contributed by atoms with Crippen molar-refractivity contribution in [1.82, 2.24) is 0 Å². The topological polar surface area (TPSA) is 26.3 Å². The Kier molecular flexibility index (Phi) is 13.9. The summed E-state index contributed by atoms with van der Waals surface area (Å²) in [5.41, 5.74) is 2.63. The third-order valence-electron chi connectivity index (χ3n) is 3.44. The average Bonchev–Trinajstić information content (AvgIpc) is 2.35. The molecule has 3 nitrogen and oxygen atoms in total. The van der Waals surface area contributed by atoms with Gasteiger partial charge in [-0.25, -0.2) is 4.79 Å². The Balaban J connectivity index is 0. The van der Waals surface area contributed by atoms with Gasteiger partial charge in [-0.3, -0.25) is 0 Å². The molecule has 0 saturated carbocycles. The van der Waals surface area contributed by atoms with Crippen LogP contribution >= 0.6 is 0 Å². The summed E-state index contributed by atoms with van der Waals surface area (Å²) in [6.45, 7) is 10.3. The molecule has 22 heavy (non-hydrogen) atoms. The van der Waals surface area contributed by atoms with Crippen LogP contribution in [0.3, 0.4) is 0 Å². The predicted molar refractivity (Wildman–Crippen MR) is 90.1 cm³/mol. The first-order valence-electron chi connectivity index (χ1n) is 8.03. The highest BCUT2D eigenvalue weighted by molar-refractivity contribution is 5.70. The molecule has 0 heterocycles. The van der Waals surface area contributed by atoms with Crippen LogP contribution in [0.25, 0.3) is 0 Å². The van der Waals surface area contributed by atoms with Crippen molar-refractivity contribution >= 4 is 5.97 Å². The summed E-state index contributed by atoms with van der Waals surface area (Å²) in [4.78, 5) is 11.8. The number of ether oxygens (including phenoxy) is 1. The van der Waals surface area contributed by atoms with Gasteiger partial charge in [-0.1, -0.05) is 30.6 Å². The molecule has 0 aromatic heterocycles. The molecule has 130 valence electrons. The Morgan fingerprint density at radius 1 is 1.14 bits per heavy atom. The first kappa shape index (κ1) is 23.7. The minimum Gasteiger partial charge on any atom is -1.00 e. The van der Waals surface area contributed by atoms with Gasteiger partial charge >= 0.3 is 5.97 Å². The Morgan fingerprint density at radius 3 is 2.32 bits per heavy atom. The lowest BCUT2D eigenvalue weighted by Gasteiger charge is -2.28. The highest BCUT2D eigenvalue weighted by atomic mass is 79.9. The molecule has 0 radical (unpaired) electrons. The summed E-state index contributed by atoms with van der Waals surface area (Å²) < 4.78 is 6.01. The van der Waals surface area contributed by atoms with Gasteiger partial charge in [0.2, 0.25) is 0 Å². The monoisotopic (exact) mass is 375 g/mol. The molecule has 0 aromatic carbocycles. The molecule has 0 amide bonds. The maximum Gasteiger partial charge on any atom is 0.362 e. The molecule has 0 bridgehead atoms. The SMILES string of the molecule is CCCC[N+](C)(C)CC(=O)OCC=C(C)CCC=C(C)C.[Br-]. The van der Waals surface area contributed by atoms with Crippen LogP contribution in [-0.4, -0.2) is 44.2 Å². The Hall–Kier alpha value is -0.610. The number of hydrogen-bond acceptors (Lipinski definition) is 2. The fraction of sp³-hybridized carbons (Fsp3) is 0.722. The van der Waals surface area contributed by atoms with Gasteiger partial charge in [-0.05, 0) is 46.1 Å². The Morgan fingerprint density at radius 2 is 1.77 bits per heavy atom. The number of halogens is 1. The minimum atomic E-state index is -0.107. The van der Waals surface area contributed by atoms with Crippen molar-refractivity contribution in [3.8, 4) is 0 Å². The van der Waals surface area contributed by atoms with E-state index in [-0.39, 0.29) is 23.0 Å². The zero-order valence-electron chi connectivity index (χ0n) is 15.2. The molecule has 0 spiro atoms. The van der Waals surface area contributed by atoms with E-state index in [4.69, 9.17) is 4.74 Å². The average molecular weight is 376 g/mol. The van der Waals surface area contributed by atoms with Crippen LogP contribution in [0.5, 0.6) is 0 Å². The van der Waals surface area contributed by atoms with Crippen molar-refractivity contribution in [3.63, 3.8) is 0 Å².